The van der Waals surface area contributed by atoms with Crippen molar-refractivity contribution in [2.24, 2.45) is 7.05 Å². The number of carbonyl (C=O) groups is 1. The van der Waals surface area contributed by atoms with Gasteiger partial charge in [-0.05, 0) is 50.6 Å². The highest BCUT2D eigenvalue weighted by Crippen LogP contribution is 2.18. The molecule has 0 saturated heterocycles. The van der Waals surface area contributed by atoms with Crippen molar-refractivity contribution in [3.8, 4) is 5.69 Å². The minimum atomic E-state index is -0.0833. The van der Waals surface area contributed by atoms with Gasteiger partial charge in [0.1, 0.15) is 0 Å². The molecule has 5 heteroatoms. The second kappa shape index (κ2) is 6.35. The van der Waals surface area contributed by atoms with E-state index in [1.165, 1.54) is 0 Å². The molecule has 24 heavy (non-hydrogen) atoms. The summed E-state index contributed by atoms with van der Waals surface area (Å²) < 4.78 is 3.79. The third-order valence-electron chi connectivity index (χ3n) is 4.38. The normalized spacial score (nSPS) is 12.2. The predicted octanol–water partition coefficient (Wildman–Crippen LogP) is 3.32. The van der Waals surface area contributed by atoms with Gasteiger partial charge in [0, 0.05) is 30.8 Å². The van der Waals surface area contributed by atoms with Crippen LogP contribution in [0.3, 0.4) is 0 Å². The standard InChI is InChI=1S/C19H22N4O/c1-13(20-19(24)18-14(2)21-22(4)15(18)3)16-7-9-17(10-8-16)23-11-5-6-12-23/h5-13H,1-4H3,(H,20,24)/t13-/m0/s1. The number of carbonyl (C=O) groups excluding carboxylic acids is 1. The fraction of sp³-hybridized carbons (Fsp3) is 0.263. The lowest BCUT2D eigenvalue weighted by Gasteiger charge is -2.15. The van der Waals surface area contributed by atoms with E-state index in [1.807, 2.05) is 64.5 Å². The van der Waals surface area contributed by atoms with Gasteiger partial charge in [0.25, 0.3) is 5.91 Å². The second-order valence-corrected chi connectivity index (χ2v) is 6.05. The first-order valence-corrected chi connectivity index (χ1v) is 8.01. The van der Waals surface area contributed by atoms with Crippen LogP contribution in [0.15, 0.2) is 48.8 Å². The number of nitrogens with zero attached hydrogens (tertiary/aromatic N) is 3. The van der Waals surface area contributed by atoms with Crippen LogP contribution in [0.4, 0.5) is 0 Å². The summed E-state index contributed by atoms with van der Waals surface area (Å²) in [6, 6.07) is 12.1. The van der Waals surface area contributed by atoms with E-state index >= 15 is 0 Å². The lowest BCUT2D eigenvalue weighted by molar-refractivity contribution is 0.0938. The van der Waals surface area contributed by atoms with Crippen LogP contribution in [-0.4, -0.2) is 20.3 Å². The van der Waals surface area contributed by atoms with Crippen molar-refractivity contribution in [2.45, 2.75) is 26.8 Å². The maximum Gasteiger partial charge on any atom is 0.255 e. The van der Waals surface area contributed by atoms with E-state index in [9.17, 15) is 4.79 Å². The molecule has 2 heterocycles. The molecule has 0 fully saturated rings. The number of rotatable bonds is 4. The lowest BCUT2D eigenvalue weighted by atomic mass is 10.1. The fourth-order valence-electron chi connectivity index (χ4n) is 2.90. The zero-order valence-electron chi connectivity index (χ0n) is 14.4. The van der Waals surface area contributed by atoms with Crippen LogP contribution in [0.25, 0.3) is 5.69 Å². The number of aromatic nitrogens is 3. The first kappa shape index (κ1) is 16.1. The molecule has 1 aromatic carbocycles. The van der Waals surface area contributed by atoms with Crippen LogP contribution in [-0.2, 0) is 7.05 Å². The average molecular weight is 322 g/mol. The summed E-state index contributed by atoms with van der Waals surface area (Å²) in [5.41, 5.74) is 4.45. The van der Waals surface area contributed by atoms with E-state index < -0.39 is 0 Å². The Morgan fingerprint density at radius 3 is 2.29 bits per heavy atom. The molecule has 1 amide bonds. The van der Waals surface area contributed by atoms with E-state index in [0.29, 0.717) is 5.56 Å². The zero-order valence-corrected chi connectivity index (χ0v) is 14.4. The van der Waals surface area contributed by atoms with E-state index in [2.05, 4.69) is 27.1 Å². The summed E-state index contributed by atoms with van der Waals surface area (Å²) in [5.74, 6) is -0.0833. The summed E-state index contributed by atoms with van der Waals surface area (Å²) in [4.78, 5) is 12.6. The largest absolute Gasteiger partial charge is 0.345 e. The highest BCUT2D eigenvalue weighted by Gasteiger charge is 2.19. The summed E-state index contributed by atoms with van der Waals surface area (Å²) in [7, 11) is 1.85. The first-order valence-electron chi connectivity index (χ1n) is 8.01. The van der Waals surface area contributed by atoms with Crippen molar-refractivity contribution in [2.75, 3.05) is 0 Å². The molecule has 0 saturated carbocycles. The van der Waals surface area contributed by atoms with Crippen molar-refractivity contribution >= 4 is 5.91 Å². The van der Waals surface area contributed by atoms with Crippen LogP contribution in [0.5, 0.6) is 0 Å². The number of amides is 1. The molecule has 2 aromatic heterocycles. The minimum absolute atomic E-state index is 0.0739. The van der Waals surface area contributed by atoms with Crippen molar-refractivity contribution in [1.29, 1.82) is 0 Å². The molecule has 0 unspecified atom stereocenters. The van der Waals surface area contributed by atoms with Gasteiger partial charge >= 0.3 is 0 Å². The number of hydrogen-bond acceptors (Lipinski definition) is 2. The molecule has 0 aliphatic rings. The van der Waals surface area contributed by atoms with Gasteiger partial charge < -0.3 is 9.88 Å². The van der Waals surface area contributed by atoms with E-state index in [0.717, 1.165) is 22.6 Å². The molecule has 0 radical (unpaired) electrons. The van der Waals surface area contributed by atoms with Gasteiger partial charge in [0.2, 0.25) is 0 Å². The molecule has 124 valence electrons. The van der Waals surface area contributed by atoms with Gasteiger partial charge in [-0.15, -0.1) is 0 Å². The van der Waals surface area contributed by atoms with Crippen molar-refractivity contribution in [3.05, 3.63) is 71.3 Å². The quantitative estimate of drug-likeness (QED) is 0.801. The Balaban J connectivity index is 1.75. The highest BCUT2D eigenvalue weighted by atomic mass is 16.1. The Morgan fingerprint density at radius 2 is 1.75 bits per heavy atom. The second-order valence-electron chi connectivity index (χ2n) is 6.05. The SMILES string of the molecule is Cc1nn(C)c(C)c1C(=O)N[C@@H](C)c1ccc(-n2cccc2)cc1. The van der Waals surface area contributed by atoms with Gasteiger partial charge in [-0.3, -0.25) is 9.48 Å². The fourth-order valence-corrected chi connectivity index (χ4v) is 2.90. The molecule has 0 spiro atoms. The molecule has 1 N–H and O–H groups in total. The Hall–Kier alpha value is -2.82. The third-order valence-corrected chi connectivity index (χ3v) is 4.38. The molecule has 3 aromatic rings. The van der Waals surface area contributed by atoms with Gasteiger partial charge in [-0.1, -0.05) is 12.1 Å². The number of aryl methyl sites for hydroxylation is 2. The number of hydrogen-bond donors (Lipinski definition) is 1. The Labute approximate surface area is 141 Å². The Kier molecular flexibility index (Phi) is 4.25. The molecular formula is C19H22N4O. The van der Waals surface area contributed by atoms with Gasteiger partial charge in [0.05, 0.1) is 17.3 Å². The van der Waals surface area contributed by atoms with E-state index in [4.69, 9.17) is 0 Å². The average Bonchev–Trinajstić information content (AvgIpc) is 3.16. The summed E-state index contributed by atoms with van der Waals surface area (Å²) in [6.45, 7) is 5.76. The molecule has 1 atom stereocenters. The Bertz CT molecular complexity index is 844. The maximum atomic E-state index is 12.6. The maximum absolute atomic E-state index is 12.6. The number of nitrogens with one attached hydrogen (secondary N) is 1. The van der Waals surface area contributed by atoms with E-state index in [-0.39, 0.29) is 11.9 Å². The highest BCUT2D eigenvalue weighted by molar-refractivity contribution is 5.96. The molecule has 0 aliphatic heterocycles. The van der Waals surface area contributed by atoms with Gasteiger partial charge in [0.15, 0.2) is 0 Å². The van der Waals surface area contributed by atoms with Crippen molar-refractivity contribution < 1.29 is 4.79 Å². The van der Waals surface area contributed by atoms with E-state index in [1.54, 1.807) is 4.68 Å². The molecule has 0 bridgehead atoms. The van der Waals surface area contributed by atoms with Crippen LogP contribution in [0, 0.1) is 13.8 Å². The molecule has 0 aliphatic carbocycles. The van der Waals surface area contributed by atoms with Crippen molar-refractivity contribution in [1.82, 2.24) is 19.7 Å². The summed E-state index contributed by atoms with van der Waals surface area (Å²) in [6.07, 6.45) is 4.02. The third kappa shape index (κ3) is 2.97. The van der Waals surface area contributed by atoms with Crippen LogP contribution < -0.4 is 5.32 Å². The molecule has 3 rings (SSSR count). The lowest BCUT2D eigenvalue weighted by Crippen LogP contribution is -2.27. The monoisotopic (exact) mass is 322 g/mol. The summed E-state index contributed by atoms with van der Waals surface area (Å²) in [5, 5.41) is 7.37. The van der Waals surface area contributed by atoms with Gasteiger partial charge in [-0.2, -0.15) is 5.10 Å². The smallest absolute Gasteiger partial charge is 0.255 e. The predicted molar refractivity (Wildman–Crippen MR) is 94.3 cm³/mol. The molecule has 5 nitrogen and oxygen atoms in total. The van der Waals surface area contributed by atoms with Gasteiger partial charge in [-0.25, -0.2) is 0 Å². The molecular weight excluding hydrogens is 300 g/mol. The Morgan fingerprint density at radius 1 is 1.12 bits per heavy atom. The zero-order chi connectivity index (χ0) is 17.3. The summed E-state index contributed by atoms with van der Waals surface area (Å²) >= 11 is 0. The topological polar surface area (TPSA) is 51.9 Å². The van der Waals surface area contributed by atoms with Crippen LogP contribution in [0.1, 0.15) is 40.3 Å². The number of benzene rings is 1. The van der Waals surface area contributed by atoms with Crippen LogP contribution >= 0.6 is 0 Å². The first-order chi connectivity index (χ1) is 11.5. The van der Waals surface area contributed by atoms with Crippen LogP contribution in [0.2, 0.25) is 0 Å². The minimum Gasteiger partial charge on any atom is -0.345 e. The van der Waals surface area contributed by atoms with Crippen molar-refractivity contribution in [3.63, 3.8) is 0 Å².